The van der Waals surface area contributed by atoms with Gasteiger partial charge in [0.1, 0.15) is 62.4 Å². The maximum absolute atomic E-state index is 13.2. The number of nitrogens with zero attached hydrogens (tertiary/aromatic N) is 11. The van der Waals surface area contributed by atoms with Crippen LogP contribution in [0.3, 0.4) is 0 Å². The van der Waals surface area contributed by atoms with Gasteiger partial charge in [0.05, 0.1) is 186 Å². The summed E-state index contributed by atoms with van der Waals surface area (Å²) in [6.45, 7) is 41.8. The van der Waals surface area contributed by atoms with E-state index in [-0.39, 0.29) is 223 Å². The minimum Gasteiger partial charge on any atom is -1.00 e. The van der Waals surface area contributed by atoms with Crippen molar-refractivity contribution in [1.82, 2.24) is 58.9 Å². The van der Waals surface area contributed by atoms with Gasteiger partial charge in [-0.2, -0.15) is 9.50 Å². The molecule has 0 bridgehead atoms. The van der Waals surface area contributed by atoms with Crippen LogP contribution in [0, 0.1) is 48.1 Å². The molecular formula is C91H145BBrClF7MgN15NaO20S4Ti. The van der Waals surface area contributed by atoms with E-state index in [2.05, 4.69) is 63.5 Å². The van der Waals surface area contributed by atoms with Gasteiger partial charge in [0, 0.05) is 103 Å². The number of hydrogen-bond donors (Lipinski definition) is 9. The van der Waals surface area contributed by atoms with Crippen molar-refractivity contribution in [3.63, 3.8) is 0 Å². The number of ketones is 1. The number of aldehydes is 1. The van der Waals surface area contributed by atoms with Crippen LogP contribution in [-0.4, -0.2) is 249 Å². The molecule has 0 aliphatic rings. The quantitative estimate of drug-likeness (QED) is 0.00473. The fourth-order valence-electron chi connectivity index (χ4n) is 8.40. The molecular weight excluding hydrogens is 2110 g/mol. The first kappa shape index (κ1) is 161. The second-order valence-corrected chi connectivity index (χ2v) is 38.4. The number of nitrogens with two attached hydrogens (primary N) is 2. The van der Waals surface area contributed by atoms with Gasteiger partial charge in [0.25, 0.3) is 0 Å². The molecule has 35 nitrogen and oxygen atoms in total. The summed E-state index contributed by atoms with van der Waals surface area (Å²) in [4.78, 5) is 62.7. The number of carbonyl (C=O) groups excluding carboxylic acids is 3. The predicted octanol–water partition coefficient (Wildman–Crippen LogP) is 9.23. The largest absolute Gasteiger partial charge is 2.00 e. The Labute approximate surface area is 921 Å². The van der Waals surface area contributed by atoms with Gasteiger partial charge < -0.3 is 95.0 Å². The van der Waals surface area contributed by atoms with E-state index in [1.165, 1.54) is 105 Å². The molecule has 801 valence electrons. The Morgan fingerprint density at radius 2 is 0.797 bits per heavy atom. The number of hydrogen-bond acceptors (Lipinski definition) is 30. The third kappa shape index (κ3) is 66.7. The van der Waals surface area contributed by atoms with Gasteiger partial charge >= 0.3 is 58.6 Å². The van der Waals surface area contributed by atoms with Crippen molar-refractivity contribution < 1.29 is 195 Å². The smallest absolute Gasteiger partial charge is 1.00 e. The van der Waals surface area contributed by atoms with Crippen molar-refractivity contribution in [1.29, 1.82) is 0 Å². The third-order valence-electron chi connectivity index (χ3n) is 14.8. The van der Waals surface area contributed by atoms with Crippen molar-refractivity contribution in [2.75, 3.05) is 82.8 Å². The predicted molar refractivity (Wildman–Crippen MR) is 542 cm³/mol. The summed E-state index contributed by atoms with van der Waals surface area (Å²) in [5.41, 5.74) is 9.47. The first-order chi connectivity index (χ1) is 62.8. The van der Waals surface area contributed by atoms with Gasteiger partial charge in [-0.05, 0) is 208 Å². The average molecular weight is 2250 g/mol. The van der Waals surface area contributed by atoms with Crippen LogP contribution < -0.4 is 100 Å². The van der Waals surface area contributed by atoms with E-state index in [0.29, 0.717) is 80.4 Å². The summed E-state index contributed by atoms with van der Waals surface area (Å²) >= 11 is 5.72. The van der Waals surface area contributed by atoms with Crippen LogP contribution in [0.5, 0.6) is 41.2 Å². The van der Waals surface area contributed by atoms with E-state index in [9.17, 15) is 67.1 Å². The topological polar surface area (TPSA) is 503 Å². The van der Waals surface area contributed by atoms with Gasteiger partial charge in [-0.15, -0.1) is 0 Å². The molecule has 9 aromatic rings. The van der Waals surface area contributed by atoms with Gasteiger partial charge in [0.2, 0.25) is 41.2 Å². The van der Waals surface area contributed by atoms with E-state index >= 15 is 0 Å². The van der Waals surface area contributed by atoms with Crippen LogP contribution in [0.1, 0.15) is 259 Å². The van der Waals surface area contributed by atoms with E-state index in [1.54, 1.807) is 74.6 Å². The molecule has 1 unspecified atom stereocenters. The number of aliphatic hydroxyl groups excluding tert-OH is 5. The Morgan fingerprint density at radius 1 is 0.510 bits per heavy atom. The van der Waals surface area contributed by atoms with Crippen LogP contribution in [-0.2, 0) is 70.4 Å². The summed E-state index contributed by atoms with van der Waals surface area (Å²) in [7, 11) is 4.97. The molecule has 0 spiro atoms. The fraction of sp³-hybridized carbons (Fsp3) is 0.495. The van der Waals surface area contributed by atoms with E-state index in [1.807, 2.05) is 83.1 Å². The molecule has 0 saturated heterocycles. The Balaban J connectivity index is -0.000000120. The number of aliphatic hydroxyl groups is 5. The number of ether oxygens (including phenoxy) is 8. The van der Waals surface area contributed by atoms with Crippen LogP contribution >= 0.6 is 11.6 Å². The third-order valence-corrected chi connectivity index (χ3v) is 21.1. The second kappa shape index (κ2) is 85.7. The van der Waals surface area contributed by atoms with Crippen LogP contribution in [0.4, 0.5) is 30.7 Å². The monoisotopic (exact) mass is 2250 g/mol. The standard InChI is InChI=1S/2C12H19FN2O2S.C12H17FN2O2S.C9H8ClN3O2.C8H11FN2O.C8H10FNO2.C8H8FNO2.C7H6FNO2.C4H11NOS.4C2H6O.2CH4.CH3.B.BrH.Mg.Na.Ti.H/c3*1-8(15-18(16)12(2,3)4)10-6-9(13)7-14-11(10)17-5;1-2-15-9(14)6-5-11-13-4-3-7(10)12-8(6)13;1-5(10)7-3-6(9)4-11-8(7)12-2;2*1-5(11)7-3-6(9)4-10-8(7)12-2;1-11-7-5(4-10)2-6(8)3-9-7;1-4(2,3)7(5)6;4*1-2-3;;;;;;;;;/h2*6-8,15H,1-5H3;6-7H,1-5H3;3-5H,2H2,1H3;3-5H,10H2,1-2H3;3-5,11H,1-2H3;3-4H,1-2H3;2-4H,1H3;5H2,1-3H3;4*3H,2H2,1H3;2*1H4;1H3;;1H;;;;/q;;;;;;;;;;;;;;;-1;;;+2;+1;;-1/p-1/t8-,18+;8-,18-;18-;;5-;;;;7-;;;;;;;;;;;;;/m100.1...0............./s1. The zero-order chi connectivity index (χ0) is 105. The summed E-state index contributed by atoms with van der Waals surface area (Å²) in [6.07, 6.45) is 10.2. The number of nitrogens with one attached hydrogen (secondary N) is 2. The van der Waals surface area contributed by atoms with Crippen molar-refractivity contribution in [3.8, 4) is 41.2 Å². The number of pyridine rings is 7. The zero-order valence-corrected chi connectivity index (χ0v) is 96.6. The molecule has 9 heterocycles. The number of methoxy groups -OCH3 is 7. The molecule has 0 aliphatic carbocycles. The van der Waals surface area contributed by atoms with Crippen LogP contribution in [0.15, 0.2) is 109 Å². The van der Waals surface area contributed by atoms with Crippen LogP contribution in [0.25, 0.3) is 5.65 Å². The molecule has 3 radical (unpaired) electrons. The fourth-order valence-corrected chi connectivity index (χ4v) is 10.8. The van der Waals surface area contributed by atoms with Gasteiger partial charge in [-0.3, -0.25) is 14.7 Å². The van der Waals surface area contributed by atoms with Crippen molar-refractivity contribution in [2.45, 2.75) is 217 Å². The molecule has 0 aliphatic heterocycles. The second-order valence-electron chi connectivity index (χ2n) is 30.3. The molecule has 0 saturated carbocycles. The van der Waals surface area contributed by atoms with E-state index in [4.69, 9.17) is 76.1 Å². The normalized spacial score (nSPS) is 11.7. The molecule has 0 aromatic carbocycles. The van der Waals surface area contributed by atoms with Crippen LogP contribution in [0.2, 0.25) is 5.15 Å². The molecule has 8 atom stereocenters. The first-order valence-corrected chi connectivity index (χ1v) is 45.7. The number of rotatable bonds is 21. The number of aromatic nitrogens is 10. The Bertz CT molecular complexity index is 5020. The first-order valence-electron chi connectivity index (χ1n) is 40.7. The van der Waals surface area contributed by atoms with Crippen molar-refractivity contribution in [2.24, 2.45) is 15.3 Å². The zero-order valence-electron chi connectivity index (χ0n) is 87.0. The van der Waals surface area contributed by atoms with E-state index < -0.39 is 101 Å². The Hall–Kier alpha value is -7.18. The van der Waals surface area contributed by atoms with Crippen molar-refractivity contribution in [3.05, 3.63) is 202 Å². The van der Waals surface area contributed by atoms with Crippen molar-refractivity contribution >= 4 is 116 Å². The Morgan fingerprint density at radius 3 is 1.09 bits per heavy atom. The molecule has 0 fully saturated rings. The number of carbonyl (C=O) groups is 3. The molecule has 0 amide bonds. The van der Waals surface area contributed by atoms with Gasteiger partial charge in [0.15, 0.2) is 17.7 Å². The molecule has 11 N–H and O–H groups in total. The maximum atomic E-state index is 13.2. The minimum atomic E-state index is -1.40. The minimum absolute atomic E-state index is 0. The Kier molecular flexibility index (Phi) is 96.5. The number of fused-ring (bicyclic) bond motifs is 1. The SMILES string of the molecule is C.C.CC(C)(C)[S@@](N)=O.CCO.CCO.CCO.CCO.CCOC(=O)c1cnn2ccc(Cl)nc12.COc1ncc(F)cc1C(C)=N[S@@](=O)C(C)(C)C.COc1ncc(F)cc1C(C)=O.COc1ncc(F)cc1C(C)O.COc1ncc(F)cc1C=O.COc1ncc(F)cc1[C@@H](C)N.COc1ncc(F)cc1[C@@H](C)N[S@@](=O)C(C)(C)C.COc1ncc(F)cc1[C@H](C)N[S@@](=O)C(C)(C)C.[B].[Br-].[CH3-].[H-].[Mg+2].[Na+].[Ti]. The number of halogens is 9. The molecule has 52 heteroatoms. The van der Waals surface area contributed by atoms with E-state index in [0.717, 1.165) is 55.5 Å². The summed E-state index contributed by atoms with van der Waals surface area (Å²) < 4.78 is 185. The van der Waals surface area contributed by atoms with Gasteiger partial charge in [-0.25, -0.2) is 106 Å². The maximum Gasteiger partial charge on any atom is 2.00 e. The molecule has 9 rings (SSSR count). The molecule has 9 aromatic heterocycles. The summed E-state index contributed by atoms with van der Waals surface area (Å²) in [5.74, 6) is -2.18. The average Bonchev–Trinajstić information content (AvgIpc) is 1.68. The summed E-state index contributed by atoms with van der Waals surface area (Å²) in [5, 5.41) is 48.8. The van der Waals surface area contributed by atoms with Gasteiger partial charge in [-0.1, -0.05) is 26.5 Å². The molecule has 143 heavy (non-hydrogen) atoms. The number of esters is 1. The summed E-state index contributed by atoms with van der Waals surface area (Å²) in [6, 6.07) is 9.34. The number of Topliss-reactive ketones (excluding diaryl/α,β-unsaturated/α-hetero) is 1.